The molecule has 1 amide bonds. The molecule has 1 saturated carbocycles. The van der Waals surface area contributed by atoms with Crippen LogP contribution in [0.3, 0.4) is 0 Å². The Balaban J connectivity index is 1.86. The van der Waals surface area contributed by atoms with E-state index in [2.05, 4.69) is 22.9 Å². The third kappa shape index (κ3) is 6.03. The van der Waals surface area contributed by atoms with Crippen LogP contribution in [0.5, 0.6) is 0 Å². The van der Waals surface area contributed by atoms with E-state index in [1.54, 1.807) is 29.2 Å². The number of aryl methyl sites for hydroxylation is 1. The molecule has 0 bridgehead atoms. The predicted octanol–water partition coefficient (Wildman–Crippen LogP) is 4.57. The van der Waals surface area contributed by atoms with Crippen molar-refractivity contribution >= 4 is 28.4 Å². The van der Waals surface area contributed by atoms with E-state index in [-0.39, 0.29) is 17.8 Å². The highest BCUT2D eigenvalue weighted by molar-refractivity contribution is 7.86. The first kappa shape index (κ1) is 24.5. The predicted molar refractivity (Wildman–Crippen MR) is 132 cm³/mol. The van der Waals surface area contributed by atoms with E-state index in [9.17, 15) is 13.4 Å². The molecule has 1 aliphatic rings. The maximum absolute atomic E-state index is 13.3. The summed E-state index contributed by atoms with van der Waals surface area (Å²) in [6, 6.07) is 9.49. The van der Waals surface area contributed by atoms with E-state index in [0.29, 0.717) is 23.5 Å². The molecule has 2 atom stereocenters. The summed E-state index contributed by atoms with van der Waals surface area (Å²) in [7, 11) is -1.64. The topological polar surface area (TPSA) is 88.3 Å². The van der Waals surface area contributed by atoms with Crippen LogP contribution in [0.2, 0.25) is 0 Å². The molecule has 0 radical (unpaired) electrons. The number of benzene rings is 1. The van der Waals surface area contributed by atoms with Gasteiger partial charge >= 0.3 is 0 Å². The van der Waals surface area contributed by atoms with Gasteiger partial charge < -0.3 is 10.6 Å². The van der Waals surface area contributed by atoms with Crippen LogP contribution in [0.25, 0.3) is 0 Å². The van der Waals surface area contributed by atoms with Crippen LogP contribution in [0.1, 0.15) is 31.7 Å². The molecule has 1 heterocycles. The highest BCUT2D eigenvalue weighted by Gasteiger charge is 2.22. The summed E-state index contributed by atoms with van der Waals surface area (Å²) in [5.74, 6) is -0.609. The minimum atomic E-state index is -1.64. The van der Waals surface area contributed by atoms with Crippen molar-refractivity contribution in [3.8, 4) is 0 Å². The normalized spacial score (nSPS) is 18.4. The number of anilines is 2. The molecule has 0 spiro atoms. The number of rotatable bonds is 7. The highest BCUT2D eigenvalue weighted by atomic mass is 32.2. The van der Waals surface area contributed by atoms with Gasteiger partial charge in [-0.05, 0) is 73.2 Å². The molecule has 174 valence electrons. The zero-order valence-corrected chi connectivity index (χ0v) is 19.8. The Morgan fingerprint density at radius 1 is 1.39 bits per heavy atom. The second-order valence-corrected chi connectivity index (χ2v) is 9.30. The number of nitrogens with one attached hydrogen (secondary N) is 1. The molecule has 1 aliphatic carbocycles. The van der Waals surface area contributed by atoms with E-state index < -0.39 is 16.9 Å². The molecule has 8 heteroatoms. The molecule has 0 aliphatic heterocycles. The first-order valence-electron chi connectivity index (χ1n) is 10.7. The summed E-state index contributed by atoms with van der Waals surface area (Å²) < 4.78 is 28.7. The number of allylic oxidation sites excluding steroid dienone is 1. The van der Waals surface area contributed by atoms with Crippen LogP contribution >= 0.6 is 0 Å². The third-order valence-electron chi connectivity index (χ3n) is 5.64. The van der Waals surface area contributed by atoms with Gasteiger partial charge in [0.2, 0.25) is 11.9 Å². The van der Waals surface area contributed by atoms with Crippen LogP contribution in [0.4, 0.5) is 15.9 Å². The zero-order valence-electron chi connectivity index (χ0n) is 18.9. The fraction of sp³-hybridized carbons (Fsp3) is 0.280. The number of pyridine rings is 1. The molecular weight excluding hydrogens is 439 g/mol. The molecule has 1 aromatic heterocycles. The number of carbonyl (C=O) groups excluding carboxylic acids is 1. The summed E-state index contributed by atoms with van der Waals surface area (Å²) in [6.45, 7) is 11.8. The van der Waals surface area contributed by atoms with Crippen LogP contribution in [0, 0.1) is 12.9 Å². The van der Waals surface area contributed by atoms with E-state index >= 15 is 0 Å². The Morgan fingerprint density at radius 2 is 2.15 bits per heavy atom. The summed E-state index contributed by atoms with van der Waals surface area (Å²) in [5.41, 5.74) is 10.7. The third-order valence-corrected chi connectivity index (χ3v) is 6.71. The zero-order chi connectivity index (χ0) is 24.1. The average molecular weight is 469 g/mol. The number of carbonyl (C=O) groups is 1. The first-order valence-corrected chi connectivity index (χ1v) is 11.8. The van der Waals surface area contributed by atoms with Crippen molar-refractivity contribution in [3.05, 3.63) is 83.9 Å². The lowest BCUT2D eigenvalue weighted by atomic mass is 9.84. The minimum absolute atomic E-state index is 0.0716. The number of hydrogen-bond donors (Lipinski definition) is 2. The van der Waals surface area contributed by atoms with Crippen LogP contribution in [0.15, 0.2) is 77.2 Å². The lowest BCUT2D eigenvalue weighted by molar-refractivity contribution is -0.116. The van der Waals surface area contributed by atoms with Crippen LogP contribution < -0.4 is 15.4 Å². The van der Waals surface area contributed by atoms with Gasteiger partial charge in [-0.15, -0.1) is 0 Å². The van der Waals surface area contributed by atoms with Gasteiger partial charge in [-0.3, -0.25) is 9.52 Å². The van der Waals surface area contributed by atoms with Gasteiger partial charge in [-0.1, -0.05) is 30.9 Å². The van der Waals surface area contributed by atoms with Crippen molar-refractivity contribution in [1.82, 2.24) is 4.98 Å². The molecule has 6 nitrogen and oxygen atoms in total. The SMILES string of the molecule is C=C/C(CN(C(C)=O)c1ccc(S(=O)Nc2cccc(F)n2)cc1C)=C1/CC(N)CCC1=C. The number of nitrogens with zero attached hydrogens (tertiary/aromatic N) is 2. The molecule has 33 heavy (non-hydrogen) atoms. The summed E-state index contributed by atoms with van der Waals surface area (Å²) in [6.07, 6.45) is 4.21. The number of hydrogen-bond acceptors (Lipinski definition) is 4. The Labute approximate surface area is 196 Å². The number of nitrogens with two attached hydrogens (primary N) is 1. The molecule has 2 aromatic rings. The fourth-order valence-electron chi connectivity index (χ4n) is 3.86. The first-order chi connectivity index (χ1) is 15.7. The Morgan fingerprint density at radius 3 is 2.79 bits per heavy atom. The van der Waals surface area contributed by atoms with E-state index in [1.807, 2.05) is 6.92 Å². The van der Waals surface area contributed by atoms with Crippen molar-refractivity contribution in [2.45, 2.75) is 44.0 Å². The van der Waals surface area contributed by atoms with Crippen molar-refractivity contribution in [2.24, 2.45) is 5.73 Å². The van der Waals surface area contributed by atoms with Crippen LogP contribution in [-0.4, -0.2) is 27.7 Å². The lowest BCUT2D eigenvalue weighted by Gasteiger charge is -2.29. The van der Waals surface area contributed by atoms with E-state index in [1.165, 1.54) is 25.1 Å². The van der Waals surface area contributed by atoms with Crippen molar-refractivity contribution in [3.63, 3.8) is 0 Å². The standard InChI is InChI=1S/C25H29FN4O2S/c1-5-19(22-14-20(27)10-9-16(22)2)15-30(18(4)31)23-12-11-21(13-17(23)3)33(32)29-25-8-6-7-24(26)28-25/h5-8,11-13,20H,1-2,9-10,14-15,27H2,3-4H3,(H,28,29)/b22-19+. The molecule has 2 unspecified atom stereocenters. The average Bonchev–Trinajstić information content (AvgIpc) is 2.76. The number of amides is 1. The van der Waals surface area contributed by atoms with Gasteiger partial charge in [0, 0.05) is 18.7 Å². The number of halogens is 1. The van der Waals surface area contributed by atoms with Gasteiger partial charge in [0.05, 0.1) is 11.4 Å². The Bertz CT molecular complexity index is 1140. The quantitative estimate of drug-likeness (QED) is 0.583. The second kappa shape index (κ2) is 10.7. The molecule has 1 fully saturated rings. The van der Waals surface area contributed by atoms with E-state index in [4.69, 9.17) is 5.73 Å². The van der Waals surface area contributed by atoms with E-state index in [0.717, 1.165) is 35.1 Å². The second-order valence-electron chi connectivity index (χ2n) is 8.08. The maximum Gasteiger partial charge on any atom is 0.224 e. The minimum Gasteiger partial charge on any atom is -0.327 e. The largest absolute Gasteiger partial charge is 0.327 e. The van der Waals surface area contributed by atoms with Crippen molar-refractivity contribution in [2.75, 3.05) is 16.2 Å². The molecule has 3 N–H and O–H groups in total. The lowest BCUT2D eigenvalue weighted by Crippen LogP contribution is -2.32. The highest BCUT2D eigenvalue weighted by Crippen LogP contribution is 2.32. The molecule has 0 saturated heterocycles. The maximum atomic E-state index is 13.3. The van der Waals surface area contributed by atoms with Gasteiger partial charge in [-0.2, -0.15) is 4.39 Å². The van der Waals surface area contributed by atoms with Gasteiger partial charge in [0.25, 0.3) is 0 Å². The van der Waals surface area contributed by atoms with Crippen molar-refractivity contribution < 1.29 is 13.4 Å². The Hall–Kier alpha value is -3.10. The van der Waals surface area contributed by atoms with Crippen LogP contribution in [-0.2, 0) is 15.8 Å². The monoisotopic (exact) mass is 468 g/mol. The molecule has 3 rings (SSSR count). The summed E-state index contributed by atoms with van der Waals surface area (Å²) >= 11 is 0. The Kier molecular flexibility index (Phi) is 7.94. The van der Waals surface area contributed by atoms with Crippen molar-refractivity contribution in [1.29, 1.82) is 0 Å². The molecule has 1 aromatic carbocycles. The fourth-order valence-corrected chi connectivity index (χ4v) is 4.76. The van der Waals surface area contributed by atoms with Gasteiger partial charge in [0.1, 0.15) is 5.82 Å². The summed E-state index contributed by atoms with van der Waals surface area (Å²) in [4.78, 5) is 18.4. The van der Waals surface area contributed by atoms with Gasteiger partial charge in [0.15, 0.2) is 11.0 Å². The van der Waals surface area contributed by atoms with Gasteiger partial charge in [-0.25, -0.2) is 9.19 Å². The smallest absolute Gasteiger partial charge is 0.224 e. The summed E-state index contributed by atoms with van der Waals surface area (Å²) in [5, 5.41) is 0. The molecular formula is C25H29FN4O2S. The number of aromatic nitrogens is 1.